The topological polar surface area (TPSA) is 103 Å². The number of ether oxygens (including phenoxy) is 1. The van der Waals surface area contributed by atoms with Gasteiger partial charge in [0.2, 0.25) is 17.8 Å². The molecule has 2 aliphatic carbocycles. The van der Waals surface area contributed by atoms with Crippen LogP contribution in [-0.4, -0.2) is 60.2 Å². The average Bonchev–Trinajstić information content (AvgIpc) is 3.63. The number of carbonyl (C=O) groups excluding carboxylic acids is 1. The molecule has 2 saturated carbocycles. The number of benzene rings is 1. The Morgan fingerprint density at radius 2 is 2.03 bits per heavy atom. The Balaban J connectivity index is 1.43. The maximum absolute atomic E-state index is 14.0. The van der Waals surface area contributed by atoms with Gasteiger partial charge in [-0.15, -0.1) is 0 Å². The van der Waals surface area contributed by atoms with Gasteiger partial charge in [0, 0.05) is 39.0 Å². The SMILES string of the molecule is COc1cc(C(O)NC2CC2)ccc1Nc1ncc2c(n1)N(C[C@@H]1CCC(F)(F)C1)CC(C)(C)C(=O)N2C. The third-order valence-corrected chi connectivity index (χ3v) is 7.62. The summed E-state index contributed by atoms with van der Waals surface area (Å²) in [5.41, 5.74) is 1.09. The lowest BCUT2D eigenvalue weighted by molar-refractivity contribution is -0.125. The zero-order valence-corrected chi connectivity index (χ0v) is 22.3. The minimum Gasteiger partial charge on any atom is -0.495 e. The maximum atomic E-state index is 14.0. The van der Waals surface area contributed by atoms with E-state index in [-0.39, 0.29) is 30.6 Å². The van der Waals surface area contributed by atoms with Crippen LogP contribution in [0.3, 0.4) is 0 Å². The van der Waals surface area contributed by atoms with E-state index in [1.807, 2.05) is 18.7 Å². The van der Waals surface area contributed by atoms with E-state index < -0.39 is 17.6 Å². The number of aliphatic hydroxyl groups is 1. The van der Waals surface area contributed by atoms with Crippen LogP contribution in [-0.2, 0) is 4.79 Å². The van der Waals surface area contributed by atoms with E-state index >= 15 is 0 Å². The van der Waals surface area contributed by atoms with E-state index in [2.05, 4.69) is 15.6 Å². The molecule has 38 heavy (non-hydrogen) atoms. The van der Waals surface area contributed by atoms with E-state index in [9.17, 15) is 18.7 Å². The number of amides is 1. The third-order valence-electron chi connectivity index (χ3n) is 7.62. The number of aromatic nitrogens is 2. The number of hydrogen-bond acceptors (Lipinski definition) is 8. The summed E-state index contributed by atoms with van der Waals surface area (Å²) in [4.78, 5) is 25.9. The number of aliphatic hydroxyl groups excluding tert-OH is 1. The number of nitrogens with zero attached hydrogens (tertiary/aromatic N) is 4. The van der Waals surface area contributed by atoms with Gasteiger partial charge in [-0.2, -0.15) is 4.98 Å². The highest BCUT2D eigenvalue weighted by Gasteiger charge is 2.43. The van der Waals surface area contributed by atoms with E-state index in [4.69, 9.17) is 9.72 Å². The number of nitrogens with one attached hydrogen (secondary N) is 2. The van der Waals surface area contributed by atoms with Crippen LogP contribution < -0.4 is 25.2 Å². The summed E-state index contributed by atoms with van der Waals surface area (Å²) in [5, 5.41) is 16.8. The Morgan fingerprint density at radius 1 is 1.26 bits per heavy atom. The van der Waals surface area contributed by atoms with E-state index in [0.717, 1.165) is 12.8 Å². The molecule has 11 heteroatoms. The molecule has 1 aromatic heterocycles. The van der Waals surface area contributed by atoms with Crippen molar-refractivity contribution < 1.29 is 23.4 Å². The first kappa shape index (κ1) is 26.6. The lowest BCUT2D eigenvalue weighted by atomic mass is 9.91. The van der Waals surface area contributed by atoms with Gasteiger partial charge in [-0.05, 0) is 56.7 Å². The first-order chi connectivity index (χ1) is 18.0. The van der Waals surface area contributed by atoms with Crippen molar-refractivity contribution in [3.8, 4) is 5.75 Å². The van der Waals surface area contributed by atoms with Crippen molar-refractivity contribution in [2.45, 2.75) is 64.1 Å². The standard InChI is InChI=1S/C27H36F2N6O3/c1-26(2)15-35(14-16-9-10-27(28,29)12-16)22-20(34(3)24(26)37)13-30-25(33-22)32-19-8-5-17(11-21(19)38-4)23(36)31-18-6-7-18/h5,8,11,13,16,18,23,31,36H,6-7,9-10,12,14-15H2,1-4H3,(H,30,32,33)/t16-,23?/m1/s1. The van der Waals surface area contributed by atoms with Crippen LogP contribution in [0.2, 0.25) is 0 Å². The van der Waals surface area contributed by atoms with Gasteiger partial charge < -0.3 is 25.0 Å². The molecule has 2 atom stereocenters. The predicted molar refractivity (Wildman–Crippen MR) is 141 cm³/mol. The molecule has 0 spiro atoms. The molecule has 3 N–H and O–H groups in total. The largest absolute Gasteiger partial charge is 0.495 e. The molecule has 0 bridgehead atoms. The Bertz CT molecular complexity index is 1210. The predicted octanol–water partition coefficient (Wildman–Crippen LogP) is 4.22. The van der Waals surface area contributed by atoms with Gasteiger partial charge in [-0.1, -0.05) is 6.07 Å². The van der Waals surface area contributed by atoms with Crippen molar-refractivity contribution in [1.82, 2.24) is 15.3 Å². The fourth-order valence-corrected chi connectivity index (χ4v) is 5.41. The quantitative estimate of drug-likeness (QED) is 0.436. The summed E-state index contributed by atoms with van der Waals surface area (Å²) in [7, 11) is 3.24. The molecular formula is C27H36F2N6O3. The summed E-state index contributed by atoms with van der Waals surface area (Å²) >= 11 is 0. The monoisotopic (exact) mass is 530 g/mol. The molecule has 1 aliphatic heterocycles. The van der Waals surface area contributed by atoms with Crippen LogP contribution in [0.25, 0.3) is 0 Å². The van der Waals surface area contributed by atoms with Crippen molar-refractivity contribution >= 4 is 29.0 Å². The highest BCUT2D eigenvalue weighted by Crippen LogP contribution is 2.42. The fourth-order valence-electron chi connectivity index (χ4n) is 5.41. The maximum Gasteiger partial charge on any atom is 0.248 e. The lowest BCUT2D eigenvalue weighted by Gasteiger charge is -2.31. The van der Waals surface area contributed by atoms with Gasteiger partial charge in [0.15, 0.2) is 5.82 Å². The molecule has 2 aromatic rings. The van der Waals surface area contributed by atoms with Crippen molar-refractivity contribution in [3.05, 3.63) is 30.0 Å². The molecule has 206 valence electrons. The second-order valence-corrected chi connectivity index (χ2v) is 11.4. The van der Waals surface area contributed by atoms with Crippen molar-refractivity contribution in [1.29, 1.82) is 0 Å². The molecule has 2 fully saturated rings. The van der Waals surface area contributed by atoms with Crippen LogP contribution in [0.15, 0.2) is 24.4 Å². The number of fused-ring (bicyclic) bond motifs is 1. The van der Waals surface area contributed by atoms with Gasteiger partial charge >= 0.3 is 0 Å². The Hall–Kier alpha value is -3.05. The van der Waals surface area contributed by atoms with Gasteiger partial charge in [-0.25, -0.2) is 13.8 Å². The zero-order chi connectivity index (χ0) is 27.2. The van der Waals surface area contributed by atoms with Gasteiger partial charge in [0.05, 0.1) is 24.4 Å². The number of halogens is 2. The number of methoxy groups -OCH3 is 1. The first-order valence-corrected chi connectivity index (χ1v) is 13.1. The van der Waals surface area contributed by atoms with Crippen molar-refractivity contribution in [2.24, 2.45) is 11.3 Å². The van der Waals surface area contributed by atoms with E-state index in [1.165, 1.54) is 0 Å². The Morgan fingerprint density at radius 3 is 2.68 bits per heavy atom. The number of carbonyl (C=O) groups is 1. The molecule has 1 unspecified atom stereocenters. The summed E-state index contributed by atoms with van der Waals surface area (Å²) < 4.78 is 33.5. The molecule has 1 amide bonds. The zero-order valence-electron chi connectivity index (χ0n) is 22.3. The molecule has 2 heterocycles. The minimum atomic E-state index is -2.65. The summed E-state index contributed by atoms with van der Waals surface area (Å²) in [5.74, 6) is -1.60. The summed E-state index contributed by atoms with van der Waals surface area (Å²) in [6.07, 6.45) is 3.07. The van der Waals surface area contributed by atoms with Gasteiger partial charge in [0.25, 0.3) is 0 Å². The number of hydrogen-bond donors (Lipinski definition) is 3. The van der Waals surface area contributed by atoms with Crippen molar-refractivity contribution in [2.75, 3.05) is 42.4 Å². The molecule has 5 rings (SSSR count). The molecule has 0 saturated heterocycles. The fraction of sp³-hybridized carbons (Fsp3) is 0.593. The van der Waals surface area contributed by atoms with Crippen LogP contribution in [0.5, 0.6) is 5.75 Å². The average molecular weight is 531 g/mol. The van der Waals surface area contributed by atoms with E-state index in [0.29, 0.717) is 54.1 Å². The van der Waals surface area contributed by atoms with Crippen LogP contribution in [0, 0.1) is 11.3 Å². The Labute approximate surface area is 221 Å². The highest BCUT2D eigenvalue weighted by molar-refractivity contribution is 6.00. The molecule has 3 aliphatic rings. The lowest BCUT2D eigenvalue weighted by Crippen LogP contribution is -2.43. The van der Waals surface area contributed by atoms with Crippen LogP contribution in [0.1, 0.15) is 57.7 Å². The third kappa shape index (κ3) is 5.54. The number of alkyl halides is 2. The number of rotatable bonds is 8. The normalized spacial score (nSPS) is 23.1. The minimum absolute atomic E-state index is 0.0852. The van der Waals surface area contributed by atoms with Gasteiger partial charge in [0.1, 0.15) is 17.7 Å². The van der Waals surface area contributed by atoms with Crippen molar-refractivity contribution in [3.63, 3.8) is 0 Å². The summed E-state index contributed by atoms with van der Waals surface area (Å²) in [6, 6.07) is 5.69. The second kappa shape index (κ2) is 9.92. The molecule has 1 aromatic carbocycles. The molecule has 9 nitrogen and oxygen atoms in total. The highest BCUT2D eigenvalue weighted by atomic mass is 19.3. The summed E-state index contributed by atoms with van der Waals surface area (Å²) in [6.45, 7) is 4.46. The number of anilines is 4. The van der Waals surface area contributed by atoms with E-state index in [1.54, 1.807) is 43.5 Å². The van der Waals surface area contributed by atoms with Gasteiger partial charge in [-0.3, -0.25) is 10.1 Å². The molecule has 0 radical (unpaired) electrons. The second-order valence-electron chi connectivity index (χ2n) is 11.4. The molecular weight excluding hydrogens is 494 g/mol. The Kier molecular flexibility index (Phi) is 6.93. The first-order valence-electron chi connectivity index (χ1n) is 13.1. The smallest absolute Gasteiger partial charge is 0.248 e. The van der Waals surface area contributed by atoms with Crippen LogP contribution >= 0.6 is 0 Å². The van der Waals surface area contributed by atoms with Crippen LogP contribution in [0.4, 0.5) is 31.9 Å².